The summed E-state index contributed by atoms with van der Waals surface area (Å²) in [6, 6.07) is 7.73. The molecule has 0 aliphatic heterocycles. The molecule has 0 N–H and O–H groups in total. The van der Waals surface area contributed by atoms with Gasteiger partial charge >= 0.3 is 5.97 Å². The SMILES string of the molecule is CCCCOC(=O)CSc1ccc(OCC)cc1. The molecule has 0 heterocycles. The van der Waals surface area contributed by atoms with Crippen LogP contribution < -0.4 is 4.74 Å². The average molecular weight is 268 g/mol. The van der Waals surface area contributed by atoms with E-state index in [4.69, 9.17) is 9.47 Å². The molecular formula is C14H20O3S. The molecule has 4 heteroatoms. The van der Waals surface area contributed by atoms with Crippen LogP contribution in [0.3, 0.4) is 0 Å². The number of hydrogen-bond donors (Lipinski definition) is 0. The topological polar surface area (TPSA) is 35.5 Å². The van der Waals surface area contributed by atoms with Crippen LogP contribution in [-0.4, -0.2) is 24.9 Å². The first kappa shape index (κ1) is 14.9. The van der Waals surface area contributed by atoms with E-state index in [0.29, 0.717) is 19.0 Å². The number of carbonyl (C=O) groups is 1. The molecule has 0 aromatic heterocycles. The molecule has 1 rings (SSSR count). The van der Waals surface area contributed by atoms with Crippen molar-refractivity contribution in [3.63, 3.8) is 0 Å². The van der Waals surface area contributed by atoms with Crippen LogP contribution in [0.2, 0.25) is 0 Å². The molecule has 0 spiro atoms. The molecule has 0 aliphatic carbocycles. The predicted octanol–water partition coefficient (Wildman–Crippen LogP) is 3.52. The van der Waals surface area contributed by atoms with Gasteiger partial charge in [-0.3, -0.25) is 4.79 Å². The lowest BCUT2D eigenvalue weighted by Gasteiger charge is -2.05. The van der Waals surface area contributed by atoms with Crippen molar-refractivity contribution in [3.05, 3.63) is 24.3 Å². The van der Waals surface area contributed by atoms with E-state index in [9.17, 15) is 4.79 Å². The third-order valence-corrected chi connectivity index (χ3v) is 3.24. The van der Waals surface area contributed by atoms with Crippen molar-refractivity contribution in [2.45, 2.75) is 31.6 Å². The van der Waals surface area contributed by atoms with Gasteiger partial charge in [0.25, 0.3) is 0 Å². The maximum Gasteiger partial charge on any atom is 0.316 e. The van der Waals surface area contributed by atoms with Crippen LogP contribution in [-0.2, 0) is 9.53 Å². The predicted molar refractivity (Wildman–Crippen MR) is 74.2 cm³/mol. The van der Waals surface area contributed by atoms with Gasteiger partial charge in [0.05, 0.1) is 19.0 Å². The Kier molecular flexibility index (Phi) is 7.34. The number of esters is 1. The molecule has 18 heavy (non-hydrogen) atoms. The molecule has 0 fully saturated rings. The van der Waals surface area contributed by atoms with Crippen LogP contribution in [0.1, 0.15) is 26.7 Å². The zero-order valence-electron chi connectivity index (χ0n) is 11.0. The van der Waals surface area contributed by atoms with Crippen LogP contribution >= 0.6 is 11.8 Å². The maximum atomic E-state index is 11.4. The molecule has 0 atom stereocenters. The van der Waals surface area contributed by atoms with Crippen molar-refractivity contribution in [2.75, 3.05) is 19.0 Å². The number of carbonyl (C=O) groups excluding carboxylic acids is 1. The monoisotopic (exact) mass is 268 g/mol. The molecule has 0 amide bonds. The smallest absolute Gasteiger partial charge is 0.316 e. The molecule has 1 aromatic rings. The highest BCUT2D eigenvalue weighted by Gasteiger charge is 2.04. The summed E-state index contributed by atoms with van der Waals surface area (Å²) in [6.45, 7) is 5.22. The Morgan fingerprint density at radius 2 is 1.94 bits per heavy atom. The third kappa shape index (κ3) is 5.96. The van der Waals surface area contributed by atoms with Crippen LogP contribution in [0.4, 0.5) is 0 Å². The summed E-state index contributed by atoms with van der Waals surface area (Å²) in [5.74, 6) is 1.06. The normalized spacial score (nSPS) is 10.1. The first-order chi connectivity index (χ1) is 8.76. The van der Waals surface area contributed by atoms with Crippen molar-refractivity contribution in [1.29, 1.82) is 0 Å². The van der Waals surface area contributed by atoms with E-state index in [1.54, 1.807) is 0 Å². The zero-order valence-corrected chi connectivity index (χ0v) is 11.8. The average Bonchev–Trinajstić information content (AvgIpc) is 2.39. The molecule has 0 saturated heterocycles. The fraction of sp³-hybridized carbons (Fsp3) is 0.500. The van der Waals surface area contributed by atoms with Gasteiger partial charge in [0.15, 0.2) is 0 Å². The number of hydrogen-bond acceptors (Lipinski definition) is 4. The van der Waals surface area contributed by atoms with Gasteiger partial charge in [0.1, 0.15) is 5.75 Å². The fourth-order valence-corrected chi connectivity index (χ4v) is 2.01. The zero-order chi connectivity index (χ0) is 13.2. The molecule has 0 saturated carbocycles. The van der Waals surface area contributed by atoms with Gasteiger partial charge in [0, 0.05) is 4.90 Å². The van der Waals surface area contributed by atoms with E-state index in [2.05, 4.69) is 6.92 Å². The van der Waals surface area contributed by atoms with Crippen LogP contribution in [0.15, 0.2) is 29.2 Å². The molecular weight excluding hydrogens is 248 g/mol. The summed E-state index contributed by atoms with van der Waals surface area (Å²) in [4.78, 5) is 12.4. The van der Waals surface area contributed by atoms with Crippen molar-refractivity contribution >= 4 is 17.7 Å². The lowest BCUT2D eigenvalue weighted by atomic mass is 10.3. The quantitative estimate of drug-likeness (QED) is 0.410. The summed E-state index contributed by atoms with van der Waals surface area (Å²) in [5, 5.41) is 0. The Morgan fingerprint density at radius 1 is 1.22 bits per heavy atom. The van der Waals surface area contributed by atoms with Gasteiger partial charge < -0.3 is 9.47 Å². The van der Waals surface area contributed by atoms with E-state index < -0.39 is 0 Å². The summed E-state index contributed by atoms with van der Waals surface area (Å²) < 4.78 is 10.4. The second-order valence-electron chi connectivity index (χ2n) is 3.77. The highest BCUT2D eigenvalue weighted by Crippen LogP contribution is 2.21. The number of thioether (sulfide) groups is 1. The minimum Gasteiger partial charge on any atom is -0.494 e. The second kappa shape index (κ2) is 8.86. The van der Waals surface area contributed by atoms with Crippen molar-refractivity contribution in [2.24, 2.45) is 0 Å². The summed E-state index contributed by atoms with van der Waals surface area (Å²) >= 11 is 1.48. The van der Waals surface area contributed by atoms with Crippen LogP contribution in [0.25, 0.3) is 0 Å². The largest absolute Gasteiger partial charge is 0.494 e. The lowest BCUT2D eigenvalue weighted by Crippen LogP contribution is -2.08. The first-order valence-corrected chi connectivity index (χ1v) is 7.26. The summed E-state index contributed by atoms with van der Waals surface area (Å²) in [5.41, 5.74) is 0. The Hall–Kier alpha value is -1.16. The van der Waals surface area contributed by atoms with Gasteiger partial charge in [0.2, 0.25) is 0 Å². The highest BCUT2D eigenvalue weighted by atomic mass is 32.2. The van der Waals surface area contributed by atoms with Crippen LogP contribution in [0.5, 0.6) is 5.75 Å². The van der Waals surface area contributed by atoms with Crippen LogP contribution in [0, 0.1) is 0 Å². The van der Waals surface area contributed by atoms with E-state index in [1.807, 2.05) is 31.2 Å². The highest BCUT2D eigenvalue weighted by molar-refractivity contribution is 8.00. The number of rotatable bonds is 8. The third-order valence-electron chi connectivity index (χ3n) is 2.25. The molecule has 100 valence electrons. The Balaban J connectivity index is 2.27. The molecule has 0 unspecified atom stereocenters. The molecule has 0 aliphatic rings. The van der Waals surface area contributed by atoms with Gasteiger partial charge in [-0.1, -0.05) is 13.3 Å². The van der Waals surface area contributed by atoms with E-state index in [0.717, 1.165) is 23.5 Å². The first-order valence-electron chi connectivity index (χ1n) is 6.27. The van der Waals surface area contributed by atoms with Gasteiger partial charge in [-0.15, -0.1) is 11.8 Å². The fourth-order valence-electron chi connectivity index (χ4n) is 1.31. The van der Waals surface area contributed by atoms with E-state index >= 15 is 0 Å². The minimum atomic E-state index is -0.151. The molecule has 3 nitrogen and oxygen atoms in total. The summed E-state index contributed by atoms with van der Waals surface area (Å²) in [6.07, 6.45) is 1.97. The number of ether oxygens (including phenoxy) is 2. The Labute approximate surface area is 113 Å². The number of benzene rings is 1. The summed E-state index contributed by atoms with van der Waals surface area (Å²) in [7, 11) is 0. The van der Waals surface area contributed by atoms with Crippen molar-refractivity contribution in [1.82, 2.24) is 0 Å². The minimum absolute atomic E-state index is 0.151. The van der Waals surface area contributed by atoms with Crippen molar-refractivity contribution < 1.29 is 14.3 Å². The standard InChI is InChI=1S/C14H20O3S/c1-3-5-10-17-14(15)11-18-13-8-6-12(7-9-13)16-4-2/h6-9H,3-5,10-11H2,1-2H3. The van der Waals surface area contributed by atoms with Gasteiger partial charge in [-0.05, 0) is 37.6 Å². The molecule has 1 aromatic carbocycles. The van der Waals surface area contributed by atoms with E-state index in [-0.39, 0.29) is 5.97 Å². The Bertz CT molecular complexity index is 349. The van der Waals surface area contributed by atoms with Crippen molar-refractivity contribution in [3.8, 4) is 5.75 Å². The van der Waals surface area contributed by atoms with Gasteiger partial charge in [-0.25, -0.2) is 0 Å². The molecule has 0 bridgehead atoms. The Morgan fingerprint density at radius 3 is 2.56 bits per heavy atom. The van der Waals surface area contributed by atoms with E-state index in [1.165, 1.54) is 11.8 Å². The van der Waals surface area contributed by atoms with Gasteiger partial charge in [-0.2, -0.15) is 0 Å². The maximum absolute atomic E-state index is 11.4. The molecule has 0 radical (unpaired) electrons. The number of unbranched alkanes of at least 4 members (excludes halogenated alkanes) is 1. The second-order valence-corrected chi connectivity index (χ2v) is 4.82. The lowest BCUT2D eigenvalue weighted by molar-refractivity contribution is -0.140.